The van der Waals surface area contributed by atoms with Crippen LogP contribution in [0.25, 0.3) is 10.9 Å². The van der Waals surface area contributed by atoms with Crippen LogP contribution >= 0.6 is 11.6 Å². The first-order valence-electron chi connectivity index (χ1n) is 32.2. The molecule has 27 nitrogen and oxygen atoms in total. The molecule has 4 aliphatic rings. The van der Waals surface area contributed by atoms with Gasteiger partial charge in [0.1, 0.15) is 35.6 Å². The number of ketones is 1. The Hall–Kier alpha value is -8.21. The predicted octanol–water partition coefficient (Wildman–Crippen LogP) is 4.78. The van der Waals surface area contributed by atoms with Crippen LogP contribution in [0.15, 0.2) is 66.3 Å². The number of methoxy groups -OCH3 is 1. The van der Waals surface area contributed by atoms with Crippen molar-refractivity contribution in [1.82, 2.24) is 30.9 Å². The number of epoxide rings is 1. The normalized spacial score (nSPS) is 24.0. The number of aliphatic hydroxyl groups is 1. The minimum absolute atomic E-state index is 0.00704. The van der Waals surface area contributed by atoms with Crippen LogP contribution in [0.1, 0.15) is 127 Å². The molecule has 6 N–H and O–H groups in total. The van der Waals surface area contributed by atoms with E-state index in [2.05, 4.69) is 16.0 Å². The fraction of sp³-hybridized carbons (Fsp3) is 0.559. The average Bonchev–Trinajstić information content (AvgIpc) is 1.57. The number of halogens is 1. The number of aromatic nitrogens is 1. The Balaban J connectivity index is 0.972. The van der Waals surface area contributed by atoms with Gasteiger partial charge >= 0.3 is 23.9 Å². The zero-order valence-electron chi connectivity index (χ0n) is 56.0. The number of imide groups is 1. The van der Waals surface area contributed by atoms with Crippen molar-refractivity contribution in [2.24, 2.45) is 23.5 Å². The summed E-state index contributed by atoms with van der Waals surface area (Å²) in [7, 11) is 4.47. The lowest BCUT2D eigenvalue weighted by atomic mass is 9.78. The second kappa shape index (κ2) is 33.6. The summed E-state index contributed by atoms with van der Waals surface area (Å²) in [6, 6.07) is 8.70. The maximum Gasteiger partial charge on any atom is 0.335 e. The van der Waals surface area contributed by atoms with Gasteiger partial charge in [-0.15, -0.1) is 5.06 Å². The fourth-order valence-electron chi connectivity index (χ4n) is 11.9. The highest BCUT2D eigenvalue weighted by atomic mass is 35.5. The smallest absolute Gasteiger partial charge is 0.335 e. The van der Waals surface area contributed by atoms with E-state index in [-0.39, 0.29) is 115 Å². The highest BCUT2D eigenvalue weighted by Crippen LogP contribution is 2.50. The van der Waals surface area contributed by atoms with Crippen LogP contribution in [0.5, 0.6) is 0 Å². The maximum absolute atomic E-state index is 14.5. The number of pyridine rings is 1. The minimum Gasteiger partial charge on any atom is -0.462 e. The number of carbonyl (C=O) groups is 11. The quantitative estimate of drug-likeness (QED) is 0.0297. The first kappa shape index (κ1) is 75.2. The molecular weight excluding hydrogens is 1270 g/mol. The number of esters is 2. The number of amides is 8. The number of Topliss-reactive ketones (excluding diaryl/α,β-unsaturated/α-hetero) is 1. The molecule has 0 radical (unpaired) electrons. The number of benzene rings is 2. The van der Waals surface area contributed by atoms with E-state index >= 15 is 0 Å². The molecule has 0 spiro atoms. The van der Waals surface area contributed by atoms with Crippen LogP contribution in [0.3, 0.4) is 0 Å². The molecule has 3 saturated heterocycles. The largest absolute Gasteiger partial charge is 0.462 e. The number of allylic oxidation sites excluding steroid dienone is 3. The molecule has 3 fully saturated rings. The first-order chi connectivity index (χ1) is 45.4. The van der Waals surface area contributed by atoms with Crippen molar-refractivity contribution in [1.29, 1.82) is 0 Å². The van der Waals surface area contributed by atoms with E-state index in [1.807, 2.05) is 32.1 Å². The summed E-state index contributed by atoms with van der Waals surface area (Å²) in [4.78, 5) is 156. The SMILES string of the molecule is CO[C@@H]1/C=C/C=C(\C)Cc2cc(C)c(Cl)c(c2)N(C)C(=O)C[C@H](OC(=O)[C@H](C)N(C)C(=O)c2ccc3nc(CC(=O)[C@H](CCCNC(N)=O)NC(=O)[C@@H](CC(=O)NCCOCCOCCC(=O)ON4C(=O)CCC4=O)C(C)C)ccc3c2)[C@]2(C)O[C@H]2[C@H](C)[C@@H]2C[C@@]1(O)CC(=O)O2. The number of primary amides is 1. The number of aryl methyl sites for hydroxylation is 1. The van der Waals surface area contributed by atoms with Crippen molar-refractivity contribution in [3.8, 4) is 0 Å². The molecule has 0 saturated carbocycles. The Labute approximate surface area is 562 Å². The molecule has 4 aliphatic heterocycles. The molecule has 10 atom stereocenters. The van der Waals surface area contributed by atoms with Gasteiger partial charge in [0, 0.05) is 88.5 Å². The van der Waals surface area contributed by atoms with Crippen LogP contribution in [-0.4, -0.2) is 194 Å². The van der Waals surface area contributed by atoms with Crippen molar-refractivity contribution < 1.29 is 91.1 Å². The number of urea groups is 1. The second-order valence-corrected chi connectivity index (χ2v) is 25.9. The zero-order valence-corrected chi connectivity index (χ0v) is 56.8. The molecule has 8 amide bonds. The highest BCUT2D eigenvalue weighted by molar-refractivity contribution is 6.34. The molecule has 28 heteroatoms. The number of likely N-dealkylation sites (N-methyl/N-ethyl adjacent to an activating group) is 1. The van der Waals surface area contributed by atoms with Crippen LogP contribution in [-0.2, 0) is 89.3 Å². The molecule has 96 heavy (non-hydrogen) atoms. The van der Waals surface area contributed by atoms with E-state index in [0.29, 0.717) is 38.8 Å². The third kappa shape index (κ3) is 19.7. The fourth-order valence-corrected chi connectivity index (χ4v) is 12.2. The van der Waals surface area contributed by atoms with Gasteiger partial charge in [-0.3, -0.25) is 43.3 Å². The molecule has 522 valence electrons. The van der Waals surface area contributed by atoms with E-state index in [4.69, 9.17) is 55.6 Å². The van der Waals surface area contributed by atoms with Gasteiger partial charge in [0.05, 0.1) is 80.5 Å². The van der Waals surface area contributed by atoms with Crippen LogP contribution in [0, 0.1) is 24.7 Å². The van der Waals surface area contributed by atoms with Gasteiger partial charge in [-0.1, -0.05) is 68.3 Å². The first-order valence-corrected chi connectivity index (χ1v) is 32.6. The van der Waals surface area contributed by atoms with Gasteiger partial charge in [0.25, 0.3) is 17.7 Å². The van der Waals surface area contributed by atoms with E-state index < -0.39 is 125 Å². The van der Waals surface area contributed by atoms with E-state index in [1.54, 1.807) is 71.2 Å². The summed E-state index contributed by atoms with van der Waals surface area (Å²) in [6.45, 7) is 12.8. The molecular formula is C68H89ClN8O19. The van der Waals surface area contributed by atoms with Crippen molar-refractivity contribution in [2.75, 3.05) is 65.6 Å². The van der Waals surface area contributed by atoms with Crippen molar-refractivity contribution in [3.63, 3.8) is 0 Å². The number of hydrogen-bond acceptors (Lipinski definition) is 20. The van der Waals surface area contributed by atoms with Crippen molar-refractivity contribution >= 4 is 93.4 Å². The predicted molar refractivity (Wildman–Crippen MR) is 348 cm³/mol. The Morgan fingerprint density at radius 1 is 0.927 bits per heavy atom. The van der Waals surface area contributed by atoms with Crippen molar-refractivity contribution in [2.45, 2.75) is 167 Å². The minimum atomic E-state index is -1.65. The highest BCUT2D eigenvalue weighted by Gasteiger charge is 2.64. The zero-order chi connectivity index (χ0) is 70.3. The number of fused-ring (bicyclic) bond motifs is 6. The summed E-state index contributed by atoms with van der Waals surface area (Å²) >= 11 is 6.88. The number of ether oxygens (including phenoxy) is 6. The number of hydrogen-bond donors (Lipinski definition) is 5. The number of nitrogens with two attached hydrogens (primary N) is 1. The van der Waals surface area contributed by atoms with E-state index in [0.717, 1.165) is 16.7 Å². The standard InChI is InChI=1S/C68H89ClN8O19/c1-38(2)47(34-55(79)71-24-26-92-28-27-91-25-22-59(83)96-77-56(80)20-21-57(77)81)63(85)74-49(14-12-23-72-66(70)88)51(78)33-46-18-16-44-32-45(17-19-48(44)73-46)64(86)75(8)42(6)65(87)94-54-35-58(82)76(9)50-31-43(30-40(4)61(50)69)29-39(3)13-11-15-53(90-10)68(89)36-52(93-60(84)37-68)41(5)62-67(54,7)95-62/h11,13,15-19,30-32,38,41-42,47,49,52-54,62,89H,12,14,20-29,33-37H2,1-10H3,(H,71,79)(H,74,85)(H3,70,72,88)/b15-11+,39-13+/t41-,42+,47+,49+,52+,53-,54+,62+,67+,68-/m1/s1. The molecule has 0 aliphatic carbocycles. The second-order valence-electron chi connectivity index (χ2n) is 25.5. The van der Waals surface area contributed by atoms with Gasteiger partial charge in [0.2, 0.25) is 17.7 Å². The number of rotatable bonds is 27. The topological polar surface area (TPSA) is 361 Å². The molecule has 7 rings (SSSR count). The van der Waals surface area contributed by atoms with Gasteiger partial charge < -0.3 is 69.8 Å². The lowest BCUT2D eigenvalue weighted by molar-refractivity contribution is -0.198. The molecule has 1 aromatic heterocycles. The molecule has 5 heterocycles. The molecule has 2 aromatic carbocycles. The monoisotopic (exact) mass is 1360 g/mol. The lowest BCUT2D eigenvalue weighted by Gasteiger charge is -2.41. The summed E-state index contributed by atoms with van der Waals surface area (Å²) in [5, 5.41) is 21.4. The van der Waals surface area contributed by atoms with Crippen LogP contribution < -0.4 is 26.6 Å². The molecule has 4 bridgehead atoms. The summed E-state index contributed by atoms with van der Waals surface area (Å²) in [5.74, 6) is -7.61. The third-order valence-electron chi connectivity index (χ3n) is 17.9. The Bertz CT molecular complexity index is 3470. The number of anilines is 1. The maximum atomic E-state index is 14.5. The Kier molecular flexibility index (Phi) is 26.3. The van der Waals surface area contributed by atoms with Gasteiger partial charge in [0.15, 0.2) is 5.78 Å². The molecule has 3 aromatic rings. The number of hydroxylamine groups is 2. The Morgan fingerprint density at radius 3 is 2.32 bits per heavy atom. The van der Waals surface area contributed by atoms with E-state index in [1.165, 1.54) is 36.9 Å². The summed E-state index contributed by atoms with van der Waals surface area (Å²) < 4.78 is 35.1. The Morgan fingerprint density at radius 2 is 1.64 bits per heavy atom. The number of carbonyl (C=O) groups excluding carboxylic acids is 11. The summed E-state index contributed by atoms with van der Waals surface area (Å²) in [5.41, 5.74) is 6.22. The average molecular weight is 1360 g/mol. The van der Waals surface area contributed by atoms with Gasteiger partial charge in [-0.05, 0) is 94.3 Å². The van der Waals surface area contributed by atoms with Gasteiger partial charge in [-0.2, -0.15) is 0 Å². The third-order valence-corrected chi connectivity index (χ3v) is 18.4. The van der Waals surface area contributed by atoms with Crippen LogP contribution in [0.2, 0.25) is 5.02 Å². The van der Waals surface area contributed by atoms with E-state index in [9.17, 15) is 57.8 Å². The lowest BCUT2D eigenvalue weighted by Crippen LogP contribution is -2.53. The number of nitrogens with one attached hydrogen (secondary N) is 3. The molecule has 0 unspecified atom stereocenters. The van der Waals surface area contributed by atoms with Crippen LogP contribution in [0.4, 0.5) is 10.5 Å². The van der Waals surface area contributed by atoms with Gasteiger partial charge in [-0.25, -0.2) is 14.4 Å². The summed E-state index contributed by atoms with van der Waals surface area (Å²) in [6.07, 6.45) is 1.09. The van der Waals surface area contributed by atoms with Crippen molar-refractivity contribution in [3.05, 3.63) is 93.7 Å². The number of nitrogens with zero attached hydrogens (tertiary/aromatic N) is 4.